The Morgan fingerprint density at radius 1 is 1.50 bits per heavy atom. The number of aryl methyl sites for hydroxylation is 1. The third-order valence-electron chi connectivity index (χ3n) is 3.19. The molecule has 0 radical (unpaired) electrons. The Morgan fingerprint density at radius 3 is 3.00 bits per heavy atom. The largest absolute Gasteiger partial charge is 0.393 e. The molecule has 100 valence electrons. The Bertz CT molecular complexity index is 428. The van der Waals surface area contributed by atoms with Crippen LogP contribution in [0.1, 0.15) is 50.8 Å². The second-order valence-corrected chi connectivity index (χ2v) is 4.91. The van der Waals surface area contributed by atoms with E-state index in [1.54, 1.807) is 6.92 Å². The number of carbonyl (C=O) groups is 1. The number of carbonyl (C=O) groups excluding carboxylic acids is 1. The van der Waals surface area contributed by atoms with Crippen molar-refractivity contribution in [3.05, 3.63) is 11.6 Å². The normalized spacial score (nSPS) is 17.3. The van der Waals surface area contributed by atoms with Crippen LogP contribution in [-0.4, -0.2) is 31.9 Å². The molecule has 2 unspecified atom stereocenters. The Morgan fingerprint density at radius 2 is 2.28 bits per heavy atom. The first-order valence-corrected chi connectivity index (χ1v) is 6.47. The lowest BCUT2D eigenvalue weighted by molar-refractivity contribution is -0.122. The van der Waals surface area contributed by atoms with Gasteiger partial charge in [0.1, 0.15) is 5.82 Å². The minimum Gasteiger partial charge on any atom is -0.393 e. The number of fused-ring (bicyclic) bond motifs is 1. The van der Waals surface area contributed by atoms with Gasteiger partial charge in [-0.1, -0.05) is 0 Å². The lowest BCUT2D eigenvalue weighted by atomic mass is 10.2. The van der Waals surface area contributed by atoms with Crippen LogP contribution in [-0.2, 0) is 17.8 Å². The molecule has 6 nitrogen and oxygen atoms in total. The summed E-state index contributed by atoms with van der Waals surface area (Å²) in [6, 6.07) is -0.133. The number of nitrogens with one attached hydrogen (secondary N) is 1. The van der Waals surface area contributed by atoms with Gasteiger partial charge in [0, 0.05) is 19.4 Å². The van der Waals surface area contributed by atoms with Crippen LogP contribution in [0.2, 0.25) is 0 Å². The van der Waals surface area contributed by atoms with Gasteiger partial charge in [0.05, 0.1) is 12.1 Å². The van der Waals surface area contributed by atoms with E-state index in [2.05, 4.69) is 20.1 Å². The van der Waals surface area contributed by atoms with Crippen LogP contribution in [0.4, 0.5) is 0 Å². The lowest BCUT2D eigenvalue weighted by Crippen LogP contribution is -2.29. The fraction of sp³-hybridized carbons (Fsp3) is 0.750. The zero-order valence-corrected chi connectivity index (χ0v) is 10.9. The standard InChI is InChI=1S/C12H20N4O2/c1-8(17)5-6-11(18)13-9(2)12-15-14-10-4-3-7-16(10)12/h8-9,17H,3-7H2,1-2H3,(H,13,18). The Balaban J connectivity index is 1.91. The third kappa shape index (κ3) is 2.87. The minimum absolute atomic E-state index is 0.0567. The Kier molecular flexibility index (Phi) is 3.96. The molecule has 18 heavy (non-hydrogen) atoms. The van der Waals surface area contributed by atoms with E-state index >= 15 is 0 Å². The van der Waals surface area contributed by atoms with Gasteiger partial charge in [-0.15, -0.1) is 10.2 Å². The molecule has 2 atom stereocenters. The van der Waals surface area contributed by atoms with Crippen LogP contribution >= 0.6 is 0 Å². The quantitative estimate of drug-likeness (QED) is 0.802. The first-order valence-electron chi connectivity index (χ1n) is 6.47. The van der Waals surface area contributed by atoms with E-state index in [-0.39, 0.29) is 11.9 Å². The summed E-state index contributed by atoms with van der Waals surface area (Å²) < 4.78 is 2.08. The van der Waals surface area contributed by atoms with Gasteiger partial charge < -0.3 is 15.0 Å². The van der Waals surface area contributed by atoms with E-state index in [9.17, 15) is 4.79 Å². The highest BCUT2D eigenvalue weighted by Gasteiger charge is 2.22. The summed E-state index contributed by atoms with van der Waals surface area (Å²) in [7, 11) is 0. The van der Waals surface area contributed by atoms with E-state index in [0.717, 1.165) is 31.0 Å². The van der Waals surface area contributed by atoms with Gasteiger partial charge in [-0.05, 0) is 26.7 Å². The minimum atomic E-state index is -0.441. The topological polar surface area (TPSA) is 80.0 Å². The van der Waals surface area contributed by atoms with Crippen molar-refractivity contribution in [1.29, 1.82) is 0 Å². The van der Waals surface area contributed by atoms with Crippen LogP contribution in [0.3, 0.4) is 0 Å². The van der Waals surface area contributed by atoms with Crippen LogP contribution in [0.25, 0.3) is 0 Å². The summed E-state index contributed by atoms with van der Waals surface area (Å²) in [5.74, 6) is 1.78. The predicted molar refractivity (Wildman–Crippen MR) is 65.8 cm³/mol. The van der Waals surface area contributed by atoms with E-state index in [1.165, 1.54) is 0 Å². The summed E-state index contributed by atoms with van der Waals surface area (Å²) in [4.78, 5) is 11.7. The fourth-order valence-corrected chi connectivity index (χ4v) is 2.21. The van der Waals surface area contributed by atoms with Crippen molar-refractivity contribution in [2.24, 2.45) is 0 Å². The molecule has 1 aromatic heterocycles. The molecule has 0 saturated heterocycles. The second-order valence-electron chi connectivity index (χ2n) is 4.91. The van der Waals surface area contributed by atoms with Crippen LogP contribution < -0.4 is 5.32 Å². The molecule has 1 aliphatic rings. The first-order chi connectivity index (χ1) is 8.58. The highest BCUT2D eigenvalue weighted by molar-refractivity contribution is 5.76. The van der Waals surface area contributed by atoms with Gasteiger partial charge in [0.15, 0.2) is 5.82 Å². The second kappa shape index (κ2) is 5.48. The average molecular weight is 252 g/mol. The molecule has 1 aliphatic heterocycles. The Labute approximate surface area is 106 Å². The zero-order chi connectivity index (χ0) is 13.1. The average Bonchev–Trinajstić information content (AvgIpc) is 2.87. The molecule has 0 spiro atoms. The SMILES string of the molecule is CC(O)CCC(=O)NC(C)c1nnc2n1CCC2. The molecular formula is C12H20N4O2. The molecule has 2 heterocycles. The molecule has 0 fully saturated rings. The predicted octanol–water partition coefficient (Wildman–Crippen LogP) is 0.562. The van der Waals surface area contributed by atoms with E-state index in [0.29, 0.717) is 12.8 Å². The summed E-state index contributed by atoms with van der Waals surface area (Å²) in [5, 5.41) is 20.3. The number of hydrogen-bond donors (Lipinski definition) is 2. The van der Waals surface area contributed by atoms with Crippen molar-refractivity contribution in [1.82, 2.24) is 20.1 Å². The lowest BCUT2D eigenvalue weighted by Gasteiger charge is -2.14. The van der Waals surface area contributed by atoms with Gasteiger partial charge in [-0.25, -0.2) is 0 Å². The molecule has 2 N–H and O–H groups in total. The molecule has 6 heteroatoms. The molecule has 0 aliphatic carbocycles. The van der Waals surface area contributed by atoms with E-state index in [4.69, 9.17) is 5.11 Å². The van der Waals surface area contributed by atoms with Crippen molar-refractivity contribution in [2.45, 2.75) is 58.2 Å². The number of nitrogens with zero attached hydrogens (tertiary/aromatic N) is 3. The summed E-state index contributed by atoms with van der Waals surface area (Å²) in [6.07, 6.45) is 2.44. The number of aliphatic hydroxyl groups excluding tert-OH is 1. The van der Waals surface area contributed by atoms with Crippen molar-refractivity contribution < 1.29 is 9.90 Å². The molecule has 1 amide bonds. The van der Waals surface area contributed by atoms with Gasteiger partial charge in [0.25, 0.3) is 0 Å². The summed E-state index contributed by atoms with van der Waals surface area (Å²) in [6.45, 7) is 4.53. The van der Waals surface area contributed by atoms with Gasteiger partial charge in [-0.3, -0.25) is 4.79 Å². The number of hydrogen-bond acceptors (Lipinski definition) is 4. The monoisotopic (exact) mass is 252 g/mol. The van der Waals surface area contributed by atoms with Crippen molar-refractivity contribution in [2.75, 3.05) is 0 Å². The third-order valence-corrected chi connectivity index (χ3v) is 3.19. The number of rotatable bonds is 5. The van der Waals surface area contributed by atoms with E-state index < -0.39 is 6.10 Å². The molecule has 2 rings (SSSR count). The van der Waals surface area contributed by atoms with Gasteiger partial charge in [-0.2, -0.15) is 0 Å². The smallest absolute Gasteiger partial charge is 0.220 e. The van der Waals surface area contributed by atoms with Gasteiger partial charge in [0.2, 0.25) is 5.91 Å². The maximum atomic E-state index is 11.7. The fourth-order valence-electron chi connectivity index (χ4n) is 2.21. The Hall–Kier alpha value is -1.43. The number of aromatic nitrogens is 3. The highest BCUT2D eigenvalue weighted by atomic mass is 16.3. The summed E-state index contributed by atoms with van der Waals surface area (Å²) in [5.41, 5.74) is 0. The van der Waals surface area contributed by atoms with Gasteiger partial charge >= 0.3 is 0 Å². The molecule has 0 bridgehead atoms. The van der Waals surface area contributed by atoms with Crippen LogP contribution in [0.5, 0.6) is 0 Å². The number of aliphatic hydroxyl groups is 1. The number of amides is 1. The maximum absolute atomic E-state index is 11.7. The highest BCUT2D eigenvalue weighted by Crippen LogP contribution is 2.18. The maximum Gasteiger partial charge on any atom is 0.220 e. The van der Waals surface area contributed by atoms with Crippen molar-refractivity contribution in [3.8, 4) is 0 Å². The zero-order valence-electron chi connectivity index (χ0n) is 10.9. The summed E-state index contributed by atoms with van der Waals surface area (Å²) >= 11 is 0. The van der Waals surface area contributed by atoms with Crippen LogP contribution in [0.15, 0.2) is 0 Å². The molecular weight excluding hydrogens is 232 g/mol. The first kappa shape index (κ1) is 13.0. The van der Waals surface area contributed by atoms with E-state index in [1.807, 2.05) is 6.92 Å². The van der Waals surface area contributed by atoms with Crippen molar-refractivity contribution >= 4 is 5.91 Å². The van der Waals surface area contributed by atoms with Crippen LogP contribution in [0, 0.1) is 0 Å². The molecule has 1 aromatic rings. The van der Waals surface area contributed by atoms with Crippen molar-refractivity contribution in [3.63, 3.8) is 0 Å². The molecule has 0 saturated carbocycles. The molecule has 0 aromatic carbocycles.